The predicted octanol–water partition coefficient (Wildman–Crippen LogP) is 3.32. The average Bonchev–Trinajstić information content (AvgIpc) is 2.92. The zero-order valence-electron chi connectivity index (χ0n) is 10.3. The third kappa shape index (κ3) is 2.39. The maximum Gasteiger partial charge on any atom is 0.0465 e. The second kappa shape index (κ2) is 5.38. The van der Waals surface area contributed by atoms with Crippen LogP contribution in [0.1, 0.15) is 24.8 Å². The molecular formula is C14H18Cl2N2. The minimum atomic E-state index is 0.597. The van der Waals surface area contributed by atoms with E-state index >= 15 is 0 Å². The van der Waals surface area contributed by atoms with Crippen LogP contribution in [0.3, 0.4) is 0 Å². The molecule has 2 unspecified atom stereocenters. The van der Waals surface area contributed by atoms with Gasteiger partial charge in [0.05, 0.1) is 0 Å². The van der Waals surface area contributed by atoms with Crippen molar-refractivity contribution in [2.24, 2.45) is 0 Å². The van der Waals surface area contributed by atoms with E-state index in [1.165, 1.54) is 32.4 Å². The Morgan fingerprint density at radius 1 is 1.17 bits per heavy atom. The van der Waals surface area contributed by atoms with Crippen molar-refractivity contribution in [2.45, 2.75) is 37.9 Å². The van der Waals surface area contributed by atoms with E-state index in [-0.39, 0.29) is 0 Å². The van der Waals surface area contributed by atoms with Crippen LogP contribution >= 0.6 is 23.2 Å². The molecule has 2 fully saturated rings. The summed E-state index contributed by atoms with van der Waals surface area (Å²) in [5.41, 5.74) is 1.03. The number of nitrogens with zero attached hydrogens (tertiary/aromatic N) is 1. The lowest BCUT2D eigenvalue weighted by Crippen LogP contribution is -2.38. The number of halogens is 2. The maximum absolute atomic E-state index is 6.19. The van der Waals surface area contributed by atoms with Gasteiger partial charge in [-0.3, -0.25) is 4.90 Å². The molecule has 2 atom stereocenters. The molecule has 2 saturated heterocycles. The van der Waals surface area contributed by atoms with Gasteiger partial charge in [0.15, 0.2) is 0 Å². The maximum atomic E-state index is 6.19. The molecule has 2 aliphatic heterocycles. The summed E-state index contributed by atoms with van der Waals surface area (Å²) in [5.74, 6) is 0. The number of hydrogen-bond acceptors (Lipinski definition) is 2. The van der Waals surface area contributed by atoms with E-state index in [0.717, 1.165) is 28.2 Å². The van der Waals surface area contributed by atoms with Crippen molar-refractivity contribution in [3.05, 3.63) is 33.8 Å². The molecule has 0 spiro atoms. The summed E-state index contributed by atoms with van der Waals surface area (Å²) < 4.78 is 0. The summed E-state index contributed by atoms with van der Waals surface area (Å²) in [7, 11) is 0. The molecule has 1 aromatic rings. The monoisotopic (exact) mass is 284 g/mol. The second-order valence-corrected chi connectivity index (χ2v) is 6.04. The van der Waals surface area contributed by atoms with Crippen molar-refractivity contribution in [3.63, 3.8) is 0 Å². The van der Waals surface area contributed by atoms with Crippen LogP contribution in [0, 0.1) is 0 Å². The molecule has 0 bridgehead atoms. The molecule has 18 heavy (non-hydrogen) atoms. The van der Waals surface area contributed by atoms with E-state index in [2.05, 4.69) is 10.2 Å². The summed E-state index contributed by atoms with van der Waals surface area (Å²) in [5, 5.41) is 5.16. The fourth-order valence-electron chi connectivity index (χ4n) is 3.25. The Kier molecular flexibility index (Phi) is 3.81. The molecule has 2 aliphatic rings. The first-order chi connectivity index (χ1) is 8.75. The molecule has 98 valence electrons. The normalized spacial score (nSPS) is 27.7. The van der Waals surface area contributed by atoms with E-state index in [4.69, 9.17) is 23.2 Å². The molecule has 0 saturated carbocycles. The smallest absolute Gasteiger partial charge is 0.0465 e. The highest BCUT2D eigenvalue weighted by atomic mass is 35.5. The summed E-state index contributed by atoms with van der Waals surface area (Å²) >= 11 is 12.4. The van der Waals surface area contributed by atoms with Crippen molar-refractivity contribution in [1.29, 1.82) is 0 Å². The number of hydrogen-bond donors (Lipinski definition) is 1. The van der Waals surface area contributed by atoms with E-state index in [1.807, 2.05) is 18.2 Å². The number of nitrogens with one attached hydrogen (secondary N) is 1. The number of rotatable bonds is 3. The highest BCUT2D eigenvalue weighted by molar-refractivity contribution is 6.35. The molecule has 0 aromatic heterocycles. The van der Waals surface area contributed by atoms with Crippen molar-refractivity contribution in [2.75, 3.05) is 13.1 Å². The SMILES string of the molecule is Clc1cccc(Cl)c1CNC1CCN2CCCC12. The van der Waals surface area contributed by atoms with E-state index in [0.29, 0.717) is 6.04 Å². The van der Waals surface area contributed by atoms with Gasteiger partial charge < -0.3 is 5.32 Å². The molecule has 0 aliphatic carbocycles. The van der Waals surface area contributed by atoms with Crippen molar-refractivity contribution < 1.29 is 0 Å². The van der Waals surface area contributed by atoms with Crippen molar-refractivity contribution in [3.8, 4) is 0 Å². The van der Waals surface area contributed by atoms with Crippen molar-refractivity contribution in [1.82, 2.24) is 10.2 Å². The third-order valence-corrected chi connectivity index (χ3v) is 4.92. The van der Waals surface area contributed by atoms with Crippen LogP contribution in [0.4, 0.5) is 0 Å². The molecule has 3 rings (SSSR count). The lowest BCUT2D eigenvalue weighted by atomic mass is 10.1. The number of fused-ring (bicyclic) bond motifs is 1. The van der Waals surface area contributed by atoms with Crippen LogP contribution in [-0.4, -0.2) is 30.1 Å². The molecule has 1 aromatic carbocycles. The van der Waals surface area contributed by atoms with Crippen LogP contribution in [-0.2, 0) is 6.54 Å². The lowest BCUT2D eigenvalue weighted by molar-refractivity contribution is 0.298. The van der Waals surface area contributed by atoms with Gasteiger partial charge in [0.1, 0.15) is 0 Å². The summed E-state index contributed by atoms with van der Waals surface area (Å²) in [6.07, 6.45) is 3.91. The van der Waals surface area contributed by atoms with Crippen LogP contribution in [0.15, 0.2) is 18.2 Å². The molecule has 2 nitrogen and oxygen atoms in total. The van der Waals surface area contributed by atoms with Gasteiger partial charge in [0, 0.05) is 40.8 Å². The Morgan fingerprint density at radius 2 is 1.94 bits per heavy atom. The Morgan fingerprint density at radius 3 is 2.72 bits per heavy atom. The number of benzene rings is 1. The molecule has 0 amide bonds. The molecule has 2 heterocycles. The van der Waals surface area contributed by atoms with Gasteiger partial charge in [0.2, 0.25) is 0 Å². The van der Waals surface area contributed by atoms with E-state index in [9.17, 15) is 0 Å². The lowest BCUT2D eigenvalue weighted by Gasteiger charge is -2.21. The average molecular weight is 285 g/mol. The standard InChI is InChI=1S/C14H18Cl2N2/c15-11-3-1-4-12(16)10(11)9-17-13-6-8-18-7-2-5-14(13)18/h1,3-4,13-14,17H,2,5-9H2. The highest BCUT2D eigenvalue weighted by Gasteiger charge is 2.36. The minimum absolute atomic E-state index is 0.597. The molecular weight excluding hydrogens is 267 g/mol. The van der Waals surface area contributed by atoms with Gasteiger partial charge in [-0.2, -0.15) is 0 Å². The topological polar surface area (TPSA) is 15.3 Å². The summed E-state index contributed by atoms with van der Waals surface area (Å²) in [6, 6.07) is 7.02. The third-order valence-electron chi connectivity index (χ3n) is 4.21. The van der Waals surface area contributed by atoms with Crippen LogP contribution in [0.25, 0.3) is 0 Å². The van der Waals surface area contributed by atoms with Gasteiger partial charge in [-0.25, -0.2) is 0 Å². The zero-order valence-corrected chi connectivity index (χ0v) is 11.8. The Balaban J connectivity index is 1.64. The van der Waals surface area contributed by atoms with Gasteiger partial charge >= 0.3 is 0 Å². The van der Waals surface area contributed by atoms with Gasteiger partial charge in [0.25, 0.3) is 0 Å². The van der Waals surface area contributed by atoms with E-state index in [1.54, 1.807) is 0 Å². The first-order valence-electron chi connectivity index (χ1n) is 6.66. The molecule has 4 heteroatoms. The Hall–Kier alpha value is -0.280. The summed E-state index contributed by atoms with van der Waals surface area (Å²) in [4.78, 5) is 2.60. The fraction of sp³-hybridized carbons (Fsp3) is 0.571. The largest absolute Gasteiger partial charge is 0.308 e. The minimum Gasteiger partial charge on any atom is -0.308 e. The molecule has 0 radical (unpaired) electrons. The van der Waals surface area contributed by atoms with Crippen LogP contribution < -0.4 is 5.32 Å². The fourth-order valence-corrected chi connectivity index (χ4v) is 3.79. The van der Waals surface area contributed by atoms with Crippen molar-refractivity contribution >= 4 is 23.2 Å². The van der Waals surface area contributed by atoms with Gasteiger partial charge in [-0.1, -0.05) is 29.3 Å². The Bertz CT molecular complexity index is 416. The second-order valence-electron chi connectivity index (χ2n) is 5.22. The van der Waals surface area contributed by atoms with Crippen LogP contribution in [0.2, 0.25) is 10.0 Å². The van der Waals surface area contributed by atoms with Gasteiger partial charge in [-0.15, -0.1) is 0 Å². The highest BCUT2D eigenvalue weighted by Crippen LogP contribution is 2.29. The van der Waals surface area contributed by atoms with E-state index < -0.39 is 0 Å². The predicted molar refractivity (Wildman–Crippen MR) is 76.3 cm³/mol. The zero-order chi connectivity index (χ0) is 12.5. The quantitative estimate of drug-likeness (QED) is 0.916. The van der Waals surface area contributed by atoms with Gasteiger partial charge in [-0.05, 0) is 37.9 Å². The molecule has 1 N–H and O–H groups in total. The first kappa shape index (κ1) is 12.7. The van der Waals surface area contributed by atoms with Crippen LogP contribution in [0.5, 0.6) is 0 Å². The summed E-state index contributed by atoms with van der Waals surface area (Å²) in [6.45, 7) is 3.28. The Labute approximate surface area is 118 Å². The first-order valence-corrected chi connectivity index (χ1v) is 7.41.